The summed E-state index contributed by atoms with van der Waals surface area (Å²) >= 11 is 0. The second-order valence-electron chi connectivity index (χ2n) is 5.86. The number of benzene rings is 1. The topological polar surface area (TPSA) is 102 Å². The molecule has 3 rings (SSSR count). The zero-order valence-electron chi connectivity index (χ0n) is 13.8. The van der Waals surface area contributed by atoms with Gasteiger partial charge in [-0.2, -0.15) is 0 Å². The van der Waals surface area contributed by atoms with E-state index in [1.807, 2.05) is 6.92 Å². The van der Waals surface area contributed by atoms with Crippen LogP contribution in [0.2, 0.25) is 0 Å². The lowest BCUT2D eigenvalue weighted by molar-refractivity contribution is -0.114. The predicted octanol–water partition coefficient (Wildman–Crippen LogP) is 2.06. The van der Waals surface area contributed by atoms with Crippen molar-refractivity contribution in [3.8, 4) is 11.5 Å². The zero-order valence-corrected chi connectivity index (χ0v) is 13.8. The summed E-state index contributed by atoms with van der Waals surface area (Å²) < 4.78 is 15.9. The number of hydrogen-bond acceptors (Lipinski definition) is 7. The van der Waals surface area contributed by atoms with Gasteiger partial charge >= 0.3 is 0 Å². The Balaban J connectivity index is 2.44. The van der Waals surface area contributed by atoms with Crippen molar-refractivity contribution in [1.82, 2.24) is 0 Å². The minimum Gasteiger partial charge on any atom is -0.507 e. The highest BCUT2D eigenvalue weighted by Gasteiger charge is 2.42. The van der Waals surface area contributed by atoms with Gasteiger partial charge in [0.15, 0.2) is 5.76 Å². The van der Waals surface area contributed by atoms with E-state index in [0.29, 0.717) is 17.5 Å². The number of fused-ring (bicyclic) bond motifs is 2. The first kappa shape index (κ1) is 16.3. The van der Waals surface area contributed by atoms with Crippen LogP contribution in [0.4, 0.5) is 0 Å². The van der Waals surface area contributed by atoms with Crippen LogP contribution in [-0.4, -0.2) is 42.1 Å². The van der Waals surface area contributed by atoms with Crippen molar-refractivity contribution in [1.29, 1.82) is 0 Å². The van der Waals surface area contributed by atoms with Crippen molar-refractivity contribution >= 4 is 17.3 Å². The maximum absolute atomic E-state index is 12.5. The van der Waals surface area contributed by atoms with Crippen LogP contribution in [-0.2, 0) is 20.7 Å². The molecule has 1 aromatic carbocycles. The largest absolute Gasteiger partial charge is 0.507 e. The molecule has 0 saturated heterocycles. The third-order valence-corrected chi connectivity index (χ3v) is 4.40. The number of hydrogen-bond donors (Lipinski definition) is 2. The number of phenolic OH excluding ortho intramolecular Hbond substituents is 1. The minimum atomic E-state index is -0.978. The summed E-state index contributed by atoms with van der Waals surface area (Å²) in [5.74, 6) is -3.06. The van der Waals surface area contributed by atoms with Crippen LogP contribution in [0.1, 0.15) is 47.0 Å². The molecular weight excluding hydrogens is 316 g/mol. The molecule has 1 aromatic rings. The minimum absolute atomic E-state index is 0.140. The Labute approximate surface area is 138 Å². The number of Topliss-reactive ketones (excluding diaryl/α,β-unsaturated/α-hetero) is 2. The van der Waals surface area contributed by atoms with E-state index in [4.69, 9.17) is 14.2 Å². The molecule has 2 unspecified atom stereocenters. The molecule has 128 valence electrons. The quantitative estimate of drug-likeness (QED) is 0.798. The first-order valence-corrected chi connectivity index (χ1v) is 7.51. The molecule has 0 fully saturated rings. The van der Waals surface area contributed by atoms with E-state index in [-0.39, 0.29) is 28.7 Å². The molecule has 0 saturated carbocycles. The Bertz CT molecular complexity index is 791. The second-order valence-corrected chi connectivity index (χ2v) is 5.86. The third-order valence-electron chi connectivity index (χ3n) is 4.40. The maximum Gasteiger partial charge on any atom is 0.272 e. The van der Waals surface area contributed by atoms with E-state index in [2.05, 4.69) is 0 Å². The standard InChI is InChI=1S/C17H18O7/c1-6-5-8-9(7(2)24-6)12(18)10-11(16(8)22-3)13(19)15(21)17(23-4)14(10)20/h6-7,18,20H,5H2,1-4H3. The third kappa shape index (κ3) is 2.01. The molecule has 7 nitrogen and oxygen atoms in total. The van der Waals surface area contributed by atoms with Crippen LogP contribution in [0.3, 0.4) is 0 Å². The van der Waals surface area contributed by atoms with Crippen LogP contribution >= 0.6 is 0 Å². The number of methoxy groups -OCH3 is 2. The van der Waals surface area contributed by atoms with Gasteiger partial charge in [0.2, 0.25) is 11.5 Å². The van der Waals surface area contributed by atoms with Crippen LogP contribution in [0.5, 0.6) is 11.5 Å². The van der Waals surface area contributed by atoms with Crippen molar-refractivity contribution in [3.05, 3.63) is 28.0 Å². The van der Waals surface area contributed by atoms with Crippen molar-refractivity contribution in [3.63, 3.8) is 0 Å². The molecule has 2 N–H and O–H groups in total. The van der Waals surface area contributed by atoms with E-state index < -0.39 is 29.2 Å². The lowest BCUT2D eigenvalue weighted by Gasteiger charge is -2.33. The lowest BCUT2D eigenvalue weighted by Crippen LogP contribution is -2.29. The fourth-order valence-corrected chi connectivity index (χ4v) is 3.47. The van der Waals surface area contributed by atoms with Gasteiger partial charge in [0.25, 0.3) is 5.78 Å². The summed E-state index contributed by atoms with van der Waals surface area (Å²) in [4.78, 5) is 24.7. The Kier molecular flexibility index (Phi) is 3.76. The molecule has 0 spiro atoms. The Morgan fingerprint density at radius 2 is 1.71 bits per heavy atom. The molecule has 2 atom stereocenters. The van der Waals surface area contributed by atoms with E-state index in [0.717, 1.165) is 0 Å². The molecule has 0 amide bonds. The van der Waals surface area contributed by atoms with Gasteiger partial charge in [-0.15, -0.1) is 0 Å². The molecule has 2 aliphatic rings. The molecule has 1 heterocycles. The summed E-state index contributed by atoms with van der Waals surface area (Å²) in [5.41, 5.74) is 0.748. The predicted molar refractivity (Wildman–Crippen MR) is 83.2 cm³/mol. The molecule has 1 aliphatic carbocycles. The summed E-state index contributed by atoms with van der Waals surface area (Å²) in [7, 11) is 2.55. The second kappa shape index (κ2) is 5.52. The van der Waals surface area contributed by atoms with Crippen molar-refractivity contribution < 1.29 is 34.0 Å². The summed E-state index contributed by atoms with van der Waals surface area (Å²) in [5, 5.41) is 21.1. The smallest absolute Gasteiger partial charge is 0.272 e. The van der Waals surface area contributed by atoms with Crippen molar-refractivity contribution in [2.24, 2.45) is 0 Å². The fourth-order valence-electron chi connectivity index (χ4n) is 3.47. The average molecular weight is 334 g/mol. The zero-order chi connectivity index (χ0) is 17.8. The first-order valence-electron chi connectivity index (χ1n) is 7.51. The van der Waals surface area contributed by atoms with E-state index in [1.165, 1.54) is 14.2 Å². The van der Waals surface area contributed by atoms with Gasteiger partial charge in [0.05, 0.1) is 37.6 Å². The number of carbonyl (C=O) groups excluding carboxylic acids is 2. The number of ketones is 2. The van der Waals surface area contributed by atoms with Crippen LogP contribution in [0.25, 0.3) is 5.76 Å². The van der Waals surface area contributed by atoms with Crippen LogP contribution in [0.15, 0.2) is 5.76 Å². The van der Waals surface area contributed by atoms with Gasteiger partial charge in [-0.25, -0.2) is 0 Å². The van der Waals surface area contributed by atoms with Gasteiger partial charge < -0.3 is 24.4 Å². The molecule has 0 radical (unpaired) electrons. The normalized spacial score (nSPS) is 23.0. The van der Waals surface area contributed by atoms with Crippen molar-refractivity contribution in [2.75, 3.05) is 14.2 Å². The summed E-state index contributed by atoms with van der Waals surface area (Å²) in [6.45, 7) is 3.62. The Morgan fingerprint density at radius 1 is 1.04 bits per heavy atom. The number of rotatable bonds is 2. The molecule has 24 heavy (non-hydrogen) atoms. The molecular formula is C17H18O7. The van der Waals surface area contributed by atoms with Gasteiger partial charge in [-0.1, -0.05) is 0 Å². The molecule has 0 aromatic heterocycles. The van der Waals surface area contributed by atoms with E-state index >= 15 is 0 Å². The van der Waals surface area contributed by atoms with Gasteiger partial charge in [0, 0.05) is 17.5 Å². The van der Waals surface area contributed by atoms with Gasteiger partial charge in [0.1, 0.15) is 11.5 Å². The van der Waals surface area contributed by atoms with Gasteiger partial charge in [-0.05, 0) is 13.8 Å². The summed E-state index contributed by atoms with van der Waals surface area (Å²) in [6.07, 6.45) is -0.200. The number of aliphatic hydroxyl groups is 1. The maximum atomic E-state index is 12.5. The lowest BCUT2D eigenvalue weighted by atomic mass is 9.82. The van der Waals surface area contributed by atoms with Crippen LogP contribution in [0, 0.1) is 0 Å². The number of aromatic hydroxyl groups is 1. The van der Waals surface area contributed by atoms with Gasteiger partial charge in [-0.3, -0.25) is 9.59 Å². The highest BCUT2D eigenvalue weighted by molar-refractivity contribution is 6.52. The van der Waals surface area contributed by atoms with E-state index in [1.54, 1.807) is 6.92 Å². The van der Waals surface area contributed by atoms with Crippen molar-refractivity contribution in [2.45, 2.75) is 32.5 Å². The van der Waals surface area contributed by atoms with Crippen LogP contribution < -0.4 is 4.74 Å². The monoisotopic (exact) mass is 334 g/mol. The number of aliphatic hydroxyl groups excluding tert-OH is 1. The Hall–Kier alpha value is -2.54. The highest BCUT2D eigenvalue weighted by atomic mass is 16.5. The summed E-state index contributed by atoms with van der Waals surface area (Å²) in [6, 6.07) is 0. The number of ether oxygens (including phenoxy) is 3. The highest BCUT2D eigenvalue weighted by Crippen LogP contribution is 2.49. The number of allylic oxidation sites excluding steroid dienone is 1. The number of phenols is 1. The number of carbonyl (C=O) groups is 2. The molecule has 0 bridgehead atoms. The molecule has 1 aliphatic heterocycles. The first-order chi connectivity index (χ1) is 11.3. The fraction of sp³-hybridized carbons (Fsp3) is 0.412. The average Bonchev–Trinajstić information content (AvgIpc) is 2.52. The molecule has 7 heteroatoms. The van der Waals surface area contributed by atoms with E-state index in [9.17, 15) is 19.8 Å². The Morgan fingerprint density at radius 3 is 2.29 bits per heavy atom. The SMILES string of the molecule is COC1=C(O)c2c(O)c3c(c(OC)c2C(=O)C1=O)CC(C)OC3C.